The minimum Gasteiger partial charge on any atom is -0.392 e. The number of unbranched alkanes of at least 4 members (excludes halogenated alkanes) is 6. The lowest BCUT2D eigenvalue weighted by atomic mass is 10.0. The van der Waals surface area contributed by atoms with Crippen LogP contribution in [0.2, 0.25) is 0 Å². The third kappa shape index (κ3) is 12.4. The topological polar surface area (TPSA) is 32.3 Å². The minimum absolute atomic E-state index is 0.223. The summed E-state index contributed by atoms with van der Waals surface area (Å²) in [5.41, 5.74) is 0. The van der Waals surface area contributed by atoms with E-state index in [9.17, 15) is 5.11 Å². The number of hydrogen-bond acceptors (Lipinski definition) is 2. The van der Waals surface area contributed by atoms with E-state index in [1.165, 1.54) is 64.2 Å². The molecule has 0 aliphatic heterocycles. The molecule has 2 nitrogen and oxygen atoms in total. The lowest BCUT2D eigenvalue weighted by Crippen LogP contribution is -2.34. The molecule has 0 rings (SSSR count). The second kappa shape index (κ2) is 13.4. The SMILES string of the molecule is CCCCCCC(CCCCCC)NC[C@@H](C)O. The van der Waals surface area contributed by atoms with Crippen molar-refractivity contribution in [2.24, 2.45) is 0 Å². The standard InChI is InChI=1S/C16H35NO/c1-4-6-8-10-12-16(17-14-15(3)18)13-11-9-7-5-2/h15-18H,4-14H2,1-3H3/t15-/m1/s1. The van der Waals surface area contributed by atoms with E-state index < -0.39 is 0 Å². The number of hydrogen-bond donors (Lipinski definition) is 2. The molecule has 0 heterocycles. The maximum absolute atomic E-state index is 9.36. The highest BCUT2D eigenvalue weighted by Gasteiger charge is 2.08. The summed E-state index contributed by atoms with van der Waals surface area (Å²) < 4.78 is 0. The van der Waals surface area contributed by atoms with Gasteiger partial charge in [0.15, 0.2) is 0 Å². The molecule has 0 amide bonds. The predicted octanol–water partition coefficient (Wildman–Crippen LogP) is 4.27. The highest BCUT2D eigenvalue weighted by Crippen LogP contribution is 2.12. The molecule has 0 unspecified atom stereocenters. The first-order valence-corrected chi connectivity index (χ1v) is 8.12. The van der Waals surface area contributed by atoms with E-state index >= 15 is 0 Å². The lowest BCUT2D eigenvalue weighted by Gasteiger charge is -2.19. The van der Waals surface area contributed by atoms with Gasteiger partial charge < -0.3 is 10.4 Å². The molecule has 0 aliphatic rings. The summed E-state index contributed by atoms with van der Waals surface area (Å²) in [7, 11) is 0. The highest BCUT2D eigenvalue weighted by molar-refractivity contribution is 4.68. The smallest absolute Gasteiger partial charge is 0.0636 e. The Balaban J connectivity index is 3.69. The molecule has 2 N–H and O–H groups in total. The summed E-state index contributed by atoms with van der Waals surface area (Å²) in [5.74, 6) is 0. The first kappa shape index (κ1) is 17.9. The number of nitrogens with one attached hydrogen (secondary N) is 1. The molecule has 0 saturated carbocycles. The summed E-state index contributed by atoms with van der Waals surface area (Å²) in [6.07, 6.45) is 13.0. The molecule has 0 aromatic rings. The van der Waals surface area contributed by atoms with E-state index in [0.29, 0.717) is 6.04 Å². The van der Waals surface area contributed by atoms with Crippen molar-refractivity contribution in [1.82, 2.24) is 5.32 Å². The molecule has 0 aliphatic carbocycles. The summed E-state index contributed by atoms with van der Waals surface area (Å²) in [6, 6.07) is 0.619. The second-order valence-electron chi connectivity index (χ2n) is 5.65. The molecule has 0 aromatic carbocycles. The molecular weight excluding hydrogens is 222 g/mol. The summed E-state index contributed by atoms with van der Waals surface area (Å²) in [6.45, 7) is 7.12. The van der Waals surface area contributed by atoms with Gasteiger partial charge in [0, 0.05) is 12.6 Å². The third-order valence-corrected chi connectivity index (χ3v) is 3.51. The first-order valence-electron chi connectivity index (χ1n) is 8.12. The molecule has 18 heavy (non-hydrogen) atoms. The van der Waals surface area contributed by atoms with E-state index in [1.807, 2.05) is 6.92 Å². The third-order valence-electron chi connectivity index (χ3n) is 3.51. The Morgan fingerprint density at radius 1 is 0.833 bits per heavy atom. The normalized spacial score (nSPS) is 13.2. The molecule has 0 spiro atoms. The highest BCUT2D eigenvalue weighted by atomic mass is 16.3. The maximum Gasteiger partial charge on any atom is 0.0636 e. The minimum atomic E-state index is -0.223. The van der Waals surface area contributed by atoms with Crippen molar-refractivity contribution < 1.29 is 5.11 Å². The predicted molar refractivity (Wildman–Crippen MR) is 81.0 cm³/mol. The van der Waals surface area contributed by atoms with Gasteiger partial charge in [-0.25, -0.2) is 0 Å². The van der Waals surface area contributed by atoms with Crippen LogP contribution >= 0.6 is 0 Å². The van der Waals surface area contributed by atoms with Crippen LogP contribution in [0.4, 0.5) is 0 Å². The Bertz CT molecular complexity index is 147. The zero-order chi connectivity index (χ0) is 13.6. The van der Waals surface area contributed by atoms with E-state index in [2.05, 4.69) is 19.2 Å². The van der Waals surface area contributed by atoms with E-state index in [1.54, 1.807) is 0 Å². The van der Waals surface area contributed by atoms with Gasteiger partial charge in [0.05, 0.1) is 6.10 Å². The van der Waals surface area contributed by atoms with Gasteiger partial charge in [-0.05, 0) is 19.8 Å². The van der Waals surface area contributed by atoms with Gasteiger partial charge in [0.25, 0.3) is 0 Å². The summed E-state index contributed by atoms with van der Waals surface area (Å²) >= 11 is 0. The first-order chi connectivity index (χ1) is 8.70. The van der Waals surface area contributed by atoms with E-state index in [4.69, 9.17) is 0 Å². The second-order valence-corrected chi connectivity index (χ2v) is 5.65. The quantitative estimate of drug-likeness (QED) is 0.483. The number of aliphatic hydroxyl groups excluding tert-OH is 1. The average molecular weight is 257 g/mol. The van der Waals surface area contributed by atoms with Gasteiger partial charge in [-0.2, -0.15) is 0 Å². The van der Waals surface area contributed by atoms with Crippen LogP contribution < -0.4 is 5.32 Å². The van der Waals surface area contributed by atoms with Gasteiger partial charge >= 0.3 is 0 Å². The van der Waals surface area contributed by atoms with Crippen molar-refractivity contribution in [2.75, 3.05) is 6.54 Å². The molecule has 0 bridgehead atoms. The van der Waals surface area contributed by atoms with Crippen LogP contribution in [0.3, 0.4) is 0 Å². The van der Waals surface area contributed by atoms with E-state index in [0.717, 1.165) is 6.54 Å². The van der Waals surface area contributed by atoms with Crippen LogP contribution in [0.1, 0.15) is 85.0 Å². The molecule has 0 aromatic heterocycles. The molecule has 2 heteroatoms. The number of aliphatic hydroxyl groups is 1. The van der Waals surface area contributed by atoms with Crippen LogP contribution in [0.5, 0.6) is 0 Å². The van der Waals surface area contributed by atoms with Crippen molar-refractivity contribution >= 4 is 0 Å². The average Bonchev–Trinajstić information content (AvgIpc) is 2.35. The van der Waals surface area contributed by atoms with Crippen molar-refractivity contribution in [3.05, 3.63) is 0 Å². The van der Waals surface area contributed by atoms with Crippen molar-refractivity contribution in [1.29, 1.82) is 0 Å². The Morgan fingerprint density at radius 2 is 1.33 bits per heavy atom. The van der Waals surface area contributed by atoms with Gasteiger partial charge in [-0.3, -0.25) is 0 Å². The van der Waals surface area contributed by atoms with Crippen molar-refractivity contribution in [3.8, 4) is 0 Å². The van der Waals surface area contributed by atoms with Gasteiger partial charge in [-0.15, -0.1) is 0 Å². The Hall–Kier alpha value is -0.0800. The fraction of sp³-hybridized carbons (Fsp3) is 1.00. The Morgan fingerprint density at radius 3 is 1.72 bits per heavy atom. The van der Waals surface area contributed by atoms with Crippen LogP contribution in [0, 0.1) is 0 Å². The zero-order valence-corrected chi connectivity index (χ0v) is 12.9. The van der Waals surface area contributed by atoms with Gasteiger partial charge in [-0.1, -0.05) is 65.2 Å². The molecule has 0 radical (unpaired) electrons. The molecule has 0 saturated heterocycles. The monoisotopic (exact) mass is 257 g/mol. The van der Waals surface area contributed by atoms with Gasteiger partial charge in [0.1, 0.15) is 0 Å². The summed E-state index contributed by atoms with van der Waals surface area (Å²) in [5, 5.41) is 12.9. The van der Waals surface area contributed by atoms with Crippen LogP contribution in [-0.4, -0.2) is 23.8 Å². The fourth-order valence-electron chi connectivity index (χ4n) is 2.32. The zero-order valence-electron chi connectivity index (χ0n) is 12.9. The lowest BCUT2D eigenvalue weighted by molar-refractivity contribution is 0.183. The number of rotatable bonds is 13. The fourth-order valence-corrected chi connectivity index (χ4v) is 2.32. The van der Waals surface area contributed by atoms with Crippen LogP contribution in [0.15, 0.2) is 0 Å². The van der Waals surface area contributed by atoms with Crippen molar-refractivity contribution in [2.45, 2.75) is 97.1 Å². The van der Waals surface area contributed by atoms with E-state index in [-0.39, 0.29) is 6.10 Å². The summed E-state index contributed by atoms with van der Waals surface area (Å²) in [4.78, 5) is 0. The van der Waals surface area contributed by atoms with Gasteiger partial charge in [0.2, 0.25) is 0 Å². The van der Waals surface area contributed by atoms with Crippen molar-refractivity contribution in [3.63, 3.8) is 0 Å². The van der Waals surface area contributed by atoms with Crippen LogP contribution in [-0.2, 0) is 0 Å². The molecular formula is C16H35NO. The Labute approximate surface area is 115 Å². The molecule has 0 fully saturated rings. The van der Waals surface area contributed by atoms with Crippen LogP contribution in [0.25, 0.3) is 0 Å². The maximum atomic E-state index is 9.36. The Kier molecular flexibility index (Phi) is 13.3. The largest absolute Gasteiger partial charge is 0.392 e. The molecule has 1 atom stereocenters. The molecule has 110 valence electrons.